The fourth-order valence-electron chi connectivity index (χ4n) is 1.45. The Bertz CT molecular complexity index is 634. The third-order valence-corrected chi connectivity index (χ3v) is 2.47. The molecule has 0 fully saturated rings. The van der Waals surface area contributed by atoms with E-state index in [0.29, 0.717) is 0 Å². The average molecular weight is 356 g/mol. The highest BCUT2D eigenvalue weighted by atomic mass is 35.5. The van der Waals surface area contributed by atoms with Crippen molar-refractivity contribution in [3.63, 3.8) is 0 Å². The van der Waals surface area contributed by atoms with Crippen LogP contribution in [-0.4, -0.2) is 21.6 Å². The molecule has 0 aromatic carbocycles. The number of ether oxygens (including phenoxy) is 1. The van der Waals surface area contributed by atoms with E-state index in [1.807, 2.05) is 13.8 Å². The van der Waals surface area contributed by atoms with E-state index >= 15 is 0 Å². The van der Waals surface area contributed by atoms with Crippen molar-refractivity contribution in [3.05, 3.63) is 35.6 Å². The molecule has 0 saturated carbocycles. The van der Waals surface area contributed by atoms with Crippen LogP contribution in [0.1, 0.15) is 19.7 Å². The fraction of sp³-hybridized carbons (Fsp3) is 0.308. The van der Waals surface area contributed by atoms with Crippen molar-refractivity contribution in [2.45, 2.75) is 26.6 Å². The molecule has 0 spiro atoms. The van der Waals surface area contributed by atoms with Crippen LogP contribution in [-0.2, 0) is 6.18 Å². The van der Waals surface area contributed by atoms with E-state index in [1.165, 1.54) is 0 Å². The van der Waals surface area contributed by atoms with Crippen LogP contribution in [0.15, 0.2) is 24.7 Å². The summed E-state index contributed by atoms with van der Waals surface area (Å²) in [6, 6.07) is 1.16. The quantitative estimate of drug-likeness (QED) is 0.584. The molecule has 23 heavy (non-hydrogen) atoms. The molecular formula is C13H11ClF5N3O. The molecule has 0 saturated heterocycles. The minimum Gasteiger partial charge on any atom is -0.433 e. The van der Waals surface area contributed by atoms with Crippen molar-refractivity contribution in [2.24, 2.45) is 0 Å². The number of hydrogen-bond donors (Lipinski definition) is 0. The number of rotatable bonds is 3. The van der Waals surface area contributed by atoms with Crippen molar-refractivity contribution in [2.75, 3.05) is 0 Å². The summed E-state index contributed by atoms with van der Waals surface area (Å²) in [7, 11) is 0. The van der Waals surface area contributed by atoms with Crippen molar-refractivity contribution in [3.8, 4) is 16.9 Å². The summed E-state index contributed by atoms with van der Waals surface area (Å²) in [6.45, 7) is 0.877. The van der Waals surface area contributed by atoms with Gasteiger partial charge >= 0.3 is 12.8 Å². The van der Waals surface area contributed by atoms with Gasteiger partial charge in [-0.05, 0) is 6.07 Å². The van der Waals surface area contributed by atoms with Gasteiger partial charge < -0.3 is 4.74 Å². The first-order valence-electron chi connectivity index (χ1n) is 6.27. The molecule has 0 aliphatic rings. The molecule has 2 rings (SSSR count). The Balaban J connectivity index is 0.00000127. The first-order chi connectivity index (χ1) is 10.8. The summed E-state index contributed by atoms with van der Waals surface area (Å²) in [5.41, 5.74) is 0.0342. The summed E-state index contributed by atoms with van der Waals surface area (Å²) in [6.07, 6.45) is -2.10. The predicted molar refractivity (Wildman–Crippen MR) is 73.3 cm³/mol. The van der Waals surface area contributed by atoms with Crippen LogP contribution in [0.3, 0.4) is 0 Å². The number of alkyl halides is 5. The summed E-state index contributed by atoms with van der Waals surface area (Å²) in [5, 5.41) is -0.0495. The van der Waals surface area contributed by atoms with Crippen LogP contribution in [0.2, 0.25) is 5.15 Å². The van der Waals surface area contributed by atoms with E-state index in [1.54, 1.807) is 0 Å². The summed E-state index contributed by atoms with van der Waals surface area (Å²) < 4.78 is 65.8. The first kappa shape index (κ1) is 19.0. The molecule has 10 heteroatoms. The zero-order valence-electron chi connectivity index (χ0n) is 11.9. The van der Waals surface area contributed by atoms with Gasteiger partial charge in [-0.25, -0.2) is 15.0 Å². The third kappa shape index (κ3) is 5.27. The lowest BCUT2D eigenvalue weighted by Crippen LogP contribution is -2.10. The molecule has 0 amide bonds. The maximum atomic E-state index is 12.4. The summed E-state index contributed by atoms with van der Waals surface area (Å²) >= 11 is 5.63. The highest BCUT2D eigenvalue weighted by molar-refractivity contribution is 6.29. The molecule has 0 N–H and O–H groups in total. The van der Waals surface area contributed by atoms with Crippen molar-refractivity contribution in [1.82, 2.24) is 15.0 Å². The lowest BCUT2D eigenvalue weighted by atomic mass is 10.1. The van der Waals surface area contributed by atoms with Gasteiger partial charge in [0.2, 0.25) is 5.82 Å². The average Bonchev–Trinajstić information content (AvgIpc) is 2.50. The maximum Gasteiger partial charge on any atom is 0.451 e. The Morgan fingerprint density at radius 1 is 1.04 bits per heavy atom. The van der Waals surface area contributed by atoms with Crippen LogP contribution in [0.4, 0.5) is 22.0 Å². The molecule has 0 aliphatic heterocycles. The molecule has 2 heterocycles. The Morgan fingerprint density at radius 2 is 1.61 bits per heavy atom. The normalized spacial score (nSPS) is 11.0. The van der Waals surface area contributed by atoms with Gasteiger partial charge in [-0.15, -0.1) is 0 Å². The van der Waals surface area contributed by atoms with Gasteiger partial charge in [-0.1, -0.05) is 25.4 Å². The van der Waals surface area contributed by atoms with Gasteiger partial charge in [-0.2, -0.15) is 22.0 Å². The van der Waals surface area contributed by atoms with Gasteiger partial charge in [0.1, 0.15) is 5.15 Å². The van der Waals surface area contributed by atoms with Gasteiger partial charge in [0, 0.05) is 23.5 Å². The van der Waals surface area contributed by atoms with Crippen LogP contribution in [0.5, 0.6) is 5.75 Å². The lowest BCUT2D eigenvalue weighted by Gasteiger charge is -2.11. The molecule has 0 unspecified atom stereocenters. The van der Waals surface area contributed by atoms with E-state index in [2.05, 4.69) is 19.7 Å². The molecular weight excluding hydrogens is 345 g/mol. The molecule has 0 aliphatic carbocycles. The monoisotopic (exact) mass is 355 g/mol. The molecule has 126 valence electrons. The second kappa shape index (κ2) is 8.00. The van der Waals surface area contributed by atoms with Gasteiger partial charge in [0.15, 0.2) is 5.75 Å². The third-order valence-electron chi connectivity index (χ3n) is 2.27. The van der Waals surface area contributed by atoms with Crippen LogP contribution in [0, 0.1) is 0 Å². The number of halogens is 6. The van der Waals surface area contributed by atoms with E-state index in [-0.39, 0.29) is 22.0 Å². The summed E-state index contributed by atoms with van der Waals surface area (Å²) in [4.78, 5) is 9.83. The summed E-state index contributed by atoms with van der Waals surface area (Å²) in [5.74, 6) is -1.69. The maximum absolute atomic E-state index is 12.4. The number of nitrogens with zero attached hydrogens (tertiary/aromatic N) is 3. The highest BCUT2D eigenvalue weighted by Crippen LogP contribution is 2.33. The fourth-order valence-corrected chi connectivity index (χ4v) is 1.60. The zero-order chi connectivity index (χ0) is 17.6. The van der Waals surface area contributed by atoms with E-state index in [4.69, 9.17) is 11.6 Å². The molecule has 0 radical (unpaired) electrons. The predicted octanol–water partition coefficient (Wildman–Crippen LogP) is 4.84. The van der Waals surface area contributed by atoms with E-state index < -0.39 is 18.6 Å². The SMILES string of the molecule is CC.FC(F)Oc1cnc(Cl)cc1-c1cnc(C(F)(F)F)nc1. The number of aromatic nitrogens is 3. The Kier molecular flexibility index (Phi) is 6.62. The number of hydrogen-bond acceptors (Lipinski definition) is 4. The zero-order valence-corrected chi connectivity index (χ0v) is 12.7. The Hall–Kier alpha value is -2.03. The van der Waals surface area contributed by atoms with E-state index in [0.717, 1.165) is 24.7 Å². The standard InChI is InChI=1S/C11H5ClF5N3O.C2H6/c12-8-1-6(7(4-18-8)21-10(13)14)5-2-19-9(20-3-5)11(15,16)17;1-2/h1-4,10H;1-2H3. The smallest absolute Gasteiger partial charge is 0.433 e. The minimum atomic E-state index is -4.70. The largest absolute Gasteiger partial charge is 0.451 e. The van der Waals surface area contributed by atoms with Crippen molar-refractivity contribution < 1.29 is 26.7 Å². The van der Waals surface area contributed by atoms with Gasteiger partial charge in [0.05, 0.1) is 6.20 Å². The molecule has 2 aromatic rings. The van der Waals surface area contributed by atoms with Crippen LogP contribution >= 0.6 is 11.6 Å². The molecule has 2 aromatic heterocycles. The van der Waals surface area contributed by atoms with Crippen LogP contribution < -0.4 is 4.74 Å². The van der Waals surface area contributed by atoms with Crippen molar-refractivity contribution >= 4 is 11.6 Å². The van der Waals surface area contributed by atoms with Gasteiger partial charge in [0.25, 0.3) is 0 Å². The van der Waals surface area contributed by atoms with E-state index in [9.17, 15) is 22.0 Å². The molecule has 0 atom stereocenters. The topological polar surface area (TPSA) is 47.9 Å². The first-order valence-corrected chi connectivity index (χ1v) is 6.65. The van der Waals surface area contributed by atoms with Gasteiger partial charge in [-0.3, -0.25) is 0 Å². The molecule has 4 nitrogen and oxygen atoms in total. The second-order valence-corrected chi connectivity index (χ2v) is 4.06. The Morgan fingerprint density at radius 3 is 2.09 bits per heavy atom. The lowest BCUT2D eigenvalue weighted by molar-refractivity contribution is -0.144. The molecule has 0 bridgehead atoms. The van der Waals surface area contributed by atoms with Crippen LogP contribution in [0.25, 0.3) is 11.1 Å². The number of pyridine rings is 1. The highest BCUT2D eigenvalue weighted by Gasteiger charge is 2.34. The second-order valence-electron chi connectivity index (χ2n) is 3.67. The Labute approximate surface area is 133 Å². The van der Waals surface area contributed by atoms with Crippen molar-refractivity contribution in [1.29, 1.82) is 0 Å². The minimum absolute atomic E-state index is 0.00373.